The van der Waals surface area contributed by atoms with Crippen LogP contribution in [0.2, 0.25) is 0 Å². The van der Waals surface area contributed by atoms with Crippen LogP contribution in [0.1, 0.15) is 12.0 Å². The molecule has 0 aliphatic heterocycles. The van der Waals surface area contributed by atoms with Gasteiger partial charge in [-0.1, -0.05) is 0 Å². The number of nitrogens with one attached hydrogen (secondary N) is 2. The lowest BCUT2D eigenvalue weighted by Gasteiger charge is -2.15. The maximum absolute atomic E-state index is 13.4. The molecular formula is C23H28FN5O2. The highest BCUT2D eigenvalue weighted by Gasteiger charge is 2.13. The van der Waals surface area contributed by atoms with Gasteiger partial charge in [0, 0.05) is 36.7 Å². The molecule has 0 fully saturated rings. The Kier molecular flexibility index (Phi) is 7.25. The highest BCUT2D eigenvalue weighted by Crippen LogP contribution is 2.32. The van der Waals surface area contributed by atoms with Crippen molar-refractivity contribution < 1.29 is 13.9 Å². The Morgan fingerprint density at radius 2 is 1.84 bits per heavy atom. The summed E-state index contributed by atoms with van der Waals surface area (Å²) in [4.78, 5) is 14.5. The van der Waals surface area contributed by atoms with Crippen LogP contribution in [0, 0.1) is 12.7 Å². The molecule has 0 spiro atoms. The second kappa shape index (κ2) is 10.1. The Bertz CT molecular complexity index is 1050. The maximum atomic E-state index is 13.4. The largest absolute Gasteiger partial charge is 0.493 e. The van der Waals surface area contributed by atoms with Gasteiger partial charge in [0.2, 0.25) is 0 Å². The predicted octanol–water partition coefficient (Wildman–Crippen LogP) is 4.51. The first-order valence-electron chi connectivity index (χ1n) is 10.1. The Morgan fingerprint density at radius 3 is 2.48 bits per heavy atom. The van der Waals surface area contributed by atoms with Gasteiger partial charge in [-0.3, -0.25) is 4.68 Å². The first-order valence-corrected chi connectivity index (χ1v) is 10.1. The Balaban J connectivity index is 1.75. The number of hydrogen-bond donors (Lipinski definition) is 2. The summed E-state index contributed by atoms with van der Waals surface area (Å²) >= 11 is 0. The molecule has 0 aliphatic rings. The third-order valence-corrected chi connectivity index (χ3v) is 4.76. The quantitative estimate of drug-likeness (QED) is 0.521. The van der Waals surface area contributed by atoms with Crippen molar-refractivity contribution in [2.24, 2.45) is 7.05 Å². The number of amides is 2. The fourth-order valence-electron chi connectivity index (χ4n) is 3.15. The third kappa shape index (κ3) is 6.05. The minimum absolute atomic E-state index is 0.312. The molecule has 2 aromatic carbocycles. The average molecular weight is 426 g/mol. The number of benzene rings is 2. The zero-order valence-electron chi connectivity index (χ0n) is 18.3. The lowest BCUT2D eigenvalue weighted by molar-refractivity contribution is 0.262. The molecule has 3 rings (SSSR count). The third-order valence-electron chi connectivity index (χ3n) is 4.76. The van der Waals surface area contributed by atoms with Crippen LogP contribution >= 0.6 is 0 Å². The molecule has 1 heterocycles. The summed E-state index contributed by atoms with van der Waals surface area (Å²) in [5, 5.41) is 9.78. The molecule has 2 N–H and O–H groups in total. The number of hydrogen-bond acceptors (Lipinski definition) is 4. The molecule has 0 atom stereocenters. The van der Waals surface area contributed by atoms with Crippen molar-refractivity contribution in [3.63, 3.8) is 0 Å². The van der Waals surface area contributed by atoms with Crippen molar-refractivity contribution in [2.45, 2.75) is 13.3 Å². The average Bonchev–Trinajstić information content (AvgIpc) is 3.14. The smallest absolute Gasteiger partial charge is 0.323 e. The van der Waals surface area contributed by atoms with E-state index < -0.39 is 6.03 Å². The fraction of sp³-hybridized carbons (Fsp3) is 0.304. The van der Waals surface area contributed by atoms with Crippen molar-refractivity contribution in [2.75, 3.05) is 37.9 Å². The number of anilines is 2. The zero-order valence-corrected chi connectivity index (χ0v) is 18.3. The van der Waals surface area contributed by atoms with Crippen LogP contribution in [0.25, 0.3) is 11.3 Å². The van der Waals surface area contributed by atoms with E-state index in [9.17, 15) is 9.18 Å². The van der Waals surface area contributed by atoms with Crippen LogP contribution in [0.4, 0.5) is 20.6 Å². The van der Waals surface area contributed by atoms with E-state index in [1.165, 1.54) is 12.1 Å². The minimum Gasteiger partial charge on any atom is -0.493 e. The number of carbonyl (C=O) groups is 1. The van der Waals surface area contributed by atoms with Crippen LogP contribution in [0.15, 0.2) is 48.7 Å². The topological polar surface area (TPSA) is 71.4 Å². The molecule has 0 unspecified atom stereocenters. The summed E-state index contributed by atoms with van der Waals surface area (Å²) < 4.78 is 21.2. The Morgan fingerprint density at radius 1 is 1.13 bits per heavy atom. The molecule has 7 nitrogen and oxygen atoms in total. The van der Waals surface area contributed by atoms with Crippen LogP contribution in [-0.4, -0.2) is 48.0 Å². The monoisotopic (exact) mass is 425 g/mol. The lowest BCUT2D eigenvalue weighted by atomic mass is 10.1. The lowest BCUT2D eigenvalue weighted by Crippen LogP contribution is -2.19. The fourth-order valence-corrected chi connectivity index (χ4v) is 3.15. The number of aryl methyl sites for hydroxylation is 2. The molecule has 8 heteroatoms. The highest BCUT2D eigenvalue weighted by atomic mass is 19.1. The van der Waals surface area contributed by atoms with Crippen LogP contribution in [-0.2, 0) is 7.05 Å². The van der Waals surface area contributed by atoms with Crippen molar-refractivity contribution in [1.82, 2.24) is 14.7 Å². The van der Waals surface area contributed by atoms with Crippen molar-refractivity contribution in [3.05, 3.63) is 60.0 Å². The Hall–Kier alpha value is -3.39. The molecule has 0 saturated heterocycles. The molecule has 1 aromatic heterocycles. The summed E-state index contributed by atoms with van der Waals surface area (Å²) in [6, 6.07) is 11.4. The molecule has 0 saturated carbocycles. The van der Waals surface area contributed by atoms with E-state index in [0.717, 1.165) is 30.0 Å². The van der Waals surface area contributed by atoms with E-state index in [4.69, 9.17) is 4.74 Å². The molecule has 0 aliphatic carbocycles. The van der Waals surface area contributed by atoms with Gasteiger partial charge in [0.1, 0.15) is 11.6 Å². The van der Waals surface area contributed by atoms with Crippen molar-refractivity contribution >= 4 is 17.4 Å². The summed E-state index contributed by atoms with van der Waals surface area (Å²) in [7, 11) is 5.91. The summed E-state index contributed by atoms with van der Waals surface area (Å²) in [5.74, 6) is 0.412. The predicted molar refractivity (Wildman–Crippen MR) is 121 cm³/mol. The van der Waals surface area contributed by atoms with Gasteiger partial charge >= 0.3 is 6.03 Å². The van der Waals surface area contributed by atoms with E-state index in [2.05, 4.69) is 20.6 Å². The van der Waals surface area contributed by atoms with Gasteiger partial charge in [0.05, 0.1) is 12.3 Å². The van der Waals surface area contributed by atoms with E-state index >= 15 is 0 Å². The molecule has 31 heavy (non-hydrogen) atoms. The number of nitrogens with zero attached hydrogens (tertiary/aromatic N) is 3. The number of halogens is 1. The van der Waals surface area contributed by atoms with Gasteiger partial charge in [-0.05, 0) is 75.5 Å². The summed E-state index contributed by atoms with van der Waals surface area (Å²) in [5.41, 5.74) is 3.30. The first kappa shape index (κ1) is 22.3. The van der Waals surface area contributed by atoms with Gasteiger partial charge in [-0.2, -0.15) is 5.10 Å². The number of urea groups is 1. The standard InChI is InChI=1S/C23H28FN5O2/c1-16-14-17(6-8-20(16)24)26-23(30)27-18-7-9-22(31-13-5-12-28(2)3)19(15-18)21-10-11-25-29(21)4/h6-11,14-15H,5,12-13H2,1-4H3,(H2,26,27,30). The Labute approximate surface area is 181 Å². The summed E-state index contributed by atoms with van der Waals surface area (Å²) in [6.45, 7) is 3.17. The molecule has 0 bridgehead atoms. The van der Waals surface area contributed by atoms with E-state index in [0.29, 0.717) is 23.5 Å². The molecule has 2 amide bonds. The van der Waals surface area contributed by atoms with Crippen LogP contribution in [0.5, 0.6) is 5.75 Å². The molecule has 0 radical (unpaired) electrons. The number of aromatic nitrogens is 2. The van der Waals surface area contributed by atoms with Crippen molar-refractivity contribution in [3.8, 4) is 17.0 Å². The second-order valence-electron chi connectivity index (χ2n) is 7.60. The van der Waals surface area contributed by atoms with Gasteiger partial charge in [0.15, 0.2) is 0 Å². The van der Waals surface area contributed by atoms with Crippen LogP contribution < -0.4 is 15.4 Å². The van der Waals surface area contributed by atoms with Crippen molar-refractivity contribution in [1.29, 1.82) is 0 Å². The van der Waals surface area contributed by atoms with Gasteiger partial charge < -0.3 is 20.3 Å². The molecular weight excluding hydrogens is 397 g/mol. The van der Waals surface area contributed by atoms with E-state index in [1.54, 1.807) is 29.9 Å². The number of ether oxygens (including phenoxy) is 1. The highest BCUT2D eigenvalue weighted by molar-refractivity contribution is 6.00. The maximum Gasteiger partial charge on any atom is 0.323 e. The van der Waals surface area contributed by atoms with Gasteiger partial charge in [0.25, 0.3) is 0 Å². The zero-order chi connectivity index (χ0) is 22.4. The van der Waals surface area contributed by atoms with E-state index in [1.807, 2.05) is 39.3 Å². The number of rotatable bonds is 8. The van der Waals surface area contributed by atoms with Crippen LogP contribution in [0.3, 0.4) is 0 Å². The van der Waals surface area contributed by atoms with Gasteiger partial charge in [-0.15, -0.1) is 0 Å². The first-order chi connectivity index (χ1) is 14.8. The SMILES string of the molecule is Cc1cc(NC(=O)Nc2ccc(OCCCN(C)C)c(-c3ccnn3C)c2)ccc1F. The van der Waals surface area contributed by atoms with E-state index in [-0.39, 0.29) is 5.82 Å². The molecule has 164 valence electrons. The number of carbonyl (C=O) groups excluding carboxylic acids is 1. The minimum atomic E-state index is -0.415. The molecule has 3 aromatic rings. The van der Waals surface area contributed by atoms with Gasteiger partial charge in [-0.25, -0.2) is 9.18 Å². The normalized spacial score (nSPS) is 10.9. The summed E-state index contributed by atoms with van der Waals surface area (Å²) in [6.07, 6.45) is 2.62. The second-order valence-corrected chi connectivity index (χ2v) is 7.60.